The van der Waals surface area contributed by atoms with E-state index in [1.165, 1.54) is 44.0 Å². The van der Waals surface area contributed by atoms with Gasteiger partial charge in [-0.3, -0.25) is 13.9 Å². The van der Waals surface area contributed by atoms with E-state index in [0.29, 0.717) is 17.7 Å². The Morgan fingerprint density at radius 3 is 2.61 bits per heavy atom. The number of rotatable bonds is 7. The number of aromatic nitrogens is 4. The number of benzene rings is 1. The van der Waals surface area contributed by atoms with E-state index in [-0.39, 0.29) is 11.2 Å². The van der Waals surface area contributed by atoms with Crippen LogP contribution < -0.4 is 11.2 Å². The highest BCUT2D eigenvalue weighted by Gasteiger charge is 2.20. The Hall–Kier alpha value is -1.84. The summed E-state index contributed by atoms with van der Waals surface area (Å²) in [7, 11) is 3.19. The van der Waals surface area contributed by atoms with Crippen LogP contribution >= 0.6 is 27.7 Å². The van der Waals surface area contributed by atoms with Gasteiger partial charge in [0.25, 0.3) is 5.56 Å². The van der Waals surface area contributed by atoms with E-state index >= 15 is 0 Å². The molecule has 166 valence electrons. The number of imidazole rings is 1. The van der Waals surface area contributed by atoms with E-state index < -0.39 is 0 Å². The van der Waals surface area contributed by atoms with Crippen LogP contribution in [0.25, 0.3) is 11.2 Å². The Bertz CT molecular complexity index is 1190. The van der Waals surface area contributed by atoms with Crippen molar-refractivity contribution in [3.8, 4) is 0 Å². The van der Waals surface area contributed by atoms with Crippen LogP contribution in [0.2, 0.25) is 0 Å². The van der Waals surface area contributed by atoms with Gasteiger partial charge in [-0.25, -0.2) is 9.78 Å². The van der Waals surface area contributed by atoms with Gasteiger partial charge in [0.15, 0.2) is 16.3 Å². The van der Waals surface area contributed by atoms with E-state index in [9.17, 15) is 9.59 Å². The average Bonchev–Trinajstić information content (AvgIpc) is 3.13. The molecule has 0 aliphatic carbocycles. The molecule has 0 atom stereocenters. The molecule has 0 amide bonds. The van der Waals surface area contributed by atoms with Crippen LogP contribution in [-0.2, 0) is 20.6 Å². The molecule has 0 saturated carbocycles. The molecule has 0 spiro atoms. The summed E-state index contributed by atoms with van der Waals surface area (Å²) >= 11 is 5.19. The standard InChI is InChI=1S/C22H28BrN5O2S/c1-25-19-18(20(29)26(2)22(25)30)28(15-16-8-6-9-17(23)14-16)21(24-19)31-13-7-12-27-10-4-3-5-11-27/h6,8-9,14H,3-5,7,10-13,15H2,1-2H3. The molecular weight excluding hydrogens is 478 g/mol. The summed E-state index contributed by atoms with van der Waals surface area (Å²) < 4.78 is 5.58. The summed E-state index contributed by atoms with van der Waals surface area (Å²) in [4.78, 5) is 32.7. The van der Waals surface area contributed by atoms with E-state index in [1.54, 1.807) is 18.8 Å². The van der Waals surface area contributed by atoms with Crippen molar-refractivity contribution in [2.24, 2.45) is 14.1 Å². The molecule has 7 nitrogen and oxygen atoms in total. The third-order valence-corrected chi connectivity index (χ3v) is 7.40. The molecule has 1 fully saturated rings. The van der Waals surface area contributed by atoms with Crippen LogP contribution in [0.4, 0.5) is 0 Å². The van der Waals surface area contributed by atoms with Gasteiger partial charge in [0.2, 0.25) is 0 Å². The minimum atomic E-state index is -0.355. The van der Waals surface area contributed by atoms with Gasteiger partial charge >= 0.3 is 5.69 Å². The fraction of sp³-hybridized carbons (Fsp3) is 0.500. The molecular formula is C22H28BrN5O2S. The maximum Gasteiger partial charge on any atom is 0.332 e. The lowest BCUT2D eigenvalue weighted by Gasteiger charge is -2.26. The maximum absolute atomic E-state index is 13.0. The number of piperidine rings is 1. The Morgan fingerprint density at radius 1 is 1.10 bits per heavy atom. The monoisotopic (exact) mass is 505 g/mol. The SMILES string of the molecule is Cn1c(=O)c2c(nc(SCCCN3CCCCC3)n2Cc2cccc(Br)c2)n(C)c1=O. The highest BCUT2D eigenvalue weighted by atomic mass is 79.9. The molecule has 1 aromatic carbocycles. The van der Waals surface area contributed by atoms with E-state index in [2.05, 4.69) is 20.8 Å². The fourth-order valence-corrected chi connectivity index (χ4v) is 5.50. The average molecular weight is 506 g/mol. The van der Waals surface area contributed by atoms with Crippen molar-refractivity contribution in [2.45, 2.75) is 37.4 Å². The van der Waals surface area contributed by atoms with Crippen LogP contribution in [0, 0.1) is 0 Å². The van der Waals surface area contributed by atoms with Gasteiger partial charge in [0, 0.05) is 24.3 Å². The summed E-state index contributed by atoms with van der Waals surface area (Å²) in [6.07, 6.45) is 5.01. The minimum absolute atomic E-state index is 0.305. The first-order valence-electron chi connectivity index (χ1n) is 10.7. The minimum Gasteiger partial charge on any atom is -0.309 e. The third-order valence-electron chi connectivity index (χ3n) is 5.84. The molecule has 0 unspecified atom stereocenters. The van der Waals surface area contributed by atoms with Gasteiger partial charge in [0.1, 0.15) is 0 Å². The zero-order valence-electron chi connectivity index (χ0n) is 18.0. The van der Waals surface area contributed by atoms with Crippen LogP contribution in [-0.4, -0.2) is 49.0 Å². The summed E-state index contributed by atoms with van der Waals surface area (Å²) in [5.41, 5.74) is 1.33. The lowest BCUT2D eigenvalue weighted by Crippen LogP contribution is -2.37. The summed E-state index contributed by atoms with van der Waals surface area (Å²) in [5, 5.41) is 0.784. The maximum atomic E-state index is 13.0. The summed E-state index contributed by atoms with van der Waals surface area (Å²) in [5.74, 6) is 0.923. The van der Waals surface area contributed by atoms with Crippen LogP contribution in [0.15, 0.2) is 43.5 Å². The van der Waals surface area contributed by atoms with Gasteiger partial charge in [-0.2, -0.15) is 0 Å². The van der Waals surface area contributed by atoms with Crippen LogP contribution in [0.3, 0.4) is 0 Å². The molecule has 1 aliphatic rings. The molecule has 4 rings (SSSR count). The predicted octanol–water partition coefficient (Wildman–Crippen LogP) is 3.21. The number of nitrogens with zero attached hydrogens (tertiary/aromatic N) is 5. The molecule has 9 heteroatoms. The number of fused-ring (bicyclic) bond motifs is 1. The molecule has 1 saturated heterocycles. The lowest BCUT2D eigenvalue weighted by atomic mass is 10.1. The topological polar surface area (TPSA) is 65.1 Å². The highest BCUT2D eigenvalue weighted by Crippen LogP contribution is 2.24. The highest BCUT2D eigenvalue weighted by molar-refractivity contribution is 9.10. The van der Waals surface area contributed by atoms with E-state index in [0.717, 1.165) is 38.5 Å². The van der Waals surface area contributed by atoms with Gasteiger partial charge in [0.05, 0.1) is 6.54 Å². The van der Waals surface area contributed by atoms with E-state index in [4.69, 9.17) is 4.98 Å². The van der Waals surface area contributed by atoms with Gasteiger partial charge in [-0.1, -0.05) is 46.2 Å². The normalized spacial score (nSPS) is 15.1. The number of thioether (sulfide) groups is 1. The first-order valence-corrected chi connectivity index (χ1v) is 12.5. The Labute approximate surface area is 194 Å². The second-order valence-electron chi connectivity index (χ2n) is 8.09. The molecule has 3 heterocycles. The molecule has 0 N–H and O–H groups in total. The Morgan fingerprint density at radius 2 is 1.87 bits per heavy atom. The van der Waals surface area contributed by atoms with Gasteiger partial charge < -0.3 is 9.47 Å². The lowest BCUT2D eigenvalue weighted by molar-refractivity contribution is 0.230. The van der Waals surface area contributed by atoms with Gasteiger partial charge in [-0.05, 0) is 56.6 Å². The quantitative estimate of drug-likeness (QED) is 0.364. The molecule has 0 bridgehead atoms. The molecule has 2 aromatic heterocycles. The predicted molar refractivity (Wildman–Crippen MR) is 129 cm³/mol. The fourth-order valence-electron chi connectivity index (χ4n) is 4.14. The zero-order valence-corrected chi connectivity index (χ0v) is 20.4. The molecule has 31 heavy (non-hydrogen) atoms. The molecule has 0 radical (unpaired) electrons. The Kier molecular flexibility index (Phi) is 7.03. The van der Waals surface area contributed by atoms with Crippen molar-refractivity contribution in [1.82, 2.24) is 23.6 Å². The third kappa shape index (κ3) is 4.83. The Balaban J connectivity index is 1.64. The second-order valence-corrected chi connectivity index (χ2v) is 10.1. The smallest absolute Gasteiger partial charge is 0.309 e. The number of aryl methyl sites for hydroxylation is 1. The number of hydrogen-bond acceptors (Lipinski definition) is 5. The summed E-state index contributed by atoms with van der Waals surface area (Å²) in [6.45, 7) is 4.02. The number of hydrogen-bond donors (Lipinski definition) is 0. The largest absolute Gasteiger partial charge is 0.332 e. The van der Waals surface area contributed by atoms with Crippen molar-refractivity contribution < 1.29 is 0 Å². The molecule has 1 aliphatic heterocycles. The second kappa shape index (κ2) is 9.75. The molecule has 3 aromatic rings. The first-order chi connectivity index (χ1) is 15.0. The van der Waals surface area contributed by atoms with Crippen molar-refractivity contribution in [1.29, 1.82) is 0 Å². The van der Waals surface area contributed by atoms with Crippen molar-refractivity contribution in [3.63, 3.8) is 0 Å². The first kappa shape index (κ1) is 22.4. The van der Waals surface area contributed by atoms with Gasteiger partial charge in [-0.15, -0.1) is 0 Å². The van der Waals surface area contributed by atoms with Crippen LogP contribution in [0.1, 0.15) is 31.2 Å². The van der Waals surface area contributed by atoms with Crippen LogP contribution in [0.5, 0.6) is 0 Å². The van der Waals surface area contributed by atoms with Crippen molar-refractivity contribution in [3.05, 3.63) is 55.1 Å². The number of likely N-dealkylation sites (tertiary alicyclic amines) is 1. The van der Waals surface area contributed by atoms with E-state index in [1.807, 2.05) is 28.8 Å². The number of halogens is 1. The zero-order chi connectivity index (χ0) is 22.0. The van der Waals surface area contributed by atoms with Crippen molar-refractivity contribution >= 4 is 38.9 Å². The summed E-state index contributed by atoms with van der Waals surface area (Å²) in [6, 6.07) is 8.04. The van der Waals surface area contributed by atoms with Crippen molar-refractivity contribution in [2.75, 3.05) is 25.4 Å².